The summed E-state index contributed by atoms with van der Waals surface area (Å²) >= 11 is 0. The average molecular weight is 213 g/mol. The van der Waals surface area contributed by atoms with Crippen LogP contribution in [0.25, 0.3) is 0 Å². The zero-order valence-corrected chi connectivity index (χ0v) is 9.44. The van der Waals surface area contributed by atoms with E-state index in [0.717, 1.165) is 30.6 Å². The fourth-order valence-corrected chi connectivity index (χ4v) is 2.18. The molecule has 0 heterocycles. The first kappa shape index (κ1) is 10.8. The number of nitrogens with zero attached hydrogens (tertiary/aromatic N) is 1. The largest absolute Gasteiger partial charge is 0.497 e. The number of hydrogen-bond donors (Lipinski definition) is 0. The molecule has 1 unspecified atom stereocenters. The molecule has 0 saturated heterocycles. The van der Waals surface area contributed by atoms with E-state index in [0.29, 0.717) is 0 Å². The fraction of sp³-hybridized carbons (Fsp3) is 0.357. The smallest absolute Gasteiger partial charge is 0.119 e. The highest BCUT2D eigenvalue weighted by Gasteiger charge is 2.32. The average Bonchev–Trinajstić information content (AvgIpc) is 2.39. The van der Waals surface area contributed by atoms with Crippen LogP contribution in [0.5, 0.6) is 5.75 Å². The van der Waals surface area contributed by atoms with Gasteiger partial charge in [0.05, 0.1) is 18.6 Å². The summed E-state index contributed by atoms with van der Waals surface area (Å²) in [7, 11) is 1.65. The molecule has 0 spiro atoms. The van der Waals surface area contributed by atoms with Gasteiger partial charge in [-0.25, -0.2) is 0 Å². The van der Waals surface area contributed by atoms with Gasteiger partial charge in [-0.2, -0.15) is 5.26 Å². The zero-order chi connectivity index (χ0) is 11.4. The van der Waals surface area contributed by atoms with Crippen molar-refractivity contribution in [3.05, 3.63) is 42.0 Å². The summed E-state index contributed by atoms with van der Waals surface area (Å²) in [5.41, 5.74) is 0.710. The Morgan fingerprint density at radius 3 is 2.88 bits per heavy atom. The van der Waals surface area contributed by atoms with E-state index in [-0.39, 0.29) is 5.41 Å². The molecule has 16 heavy (non-hydrogen) atoms. The van der Waals surface area contributed by atoms with Crippen molar-refractivity contribution in [2.45, 2.75) is 24.7 Å². The Morgan fingerprint density at radius 2 is 2.25 bits per heavy atom. The normalized spacial score (nSPS) is 23.8. The van der Waals surface area contributed by atoms with Gasteiger partial charge in [0.2, 0.25) is 0 Å². The van der Waals surface area contributed by atoms with Crippen molar-refractivity contribution >= 4 is 0 Å². The number of benzene rings is 1. The van der Waals surface area contributed by atoms with Gasteiger partial charge < -0.3 is 4.74 Å². The van der Waals surface area contributed by atoms with E-state index >= 15 is 0 Å². The first-order valence-corrected chi connectivity index (χ1v) is 5.51. The number of methoxy groups -OCH3 is 1. The van der Waals surface area contributed by atoms with Crippen LogP contribution in [-0.2, 0) is 5.41 Å². The zero-order valence-electron chi connectivity index (χ0n) is 9.44. The Bertz CT molecular complexity index is 444. The Labute approximate surface area is 96.2 Å². The van der Waals surface area contributed by atoms with E-state index in [9.17, 15) is 5.26 Å². The van der Waals surface area contributed by atoms with Crippen molar-refractivity contribution < 1.29 is 4.74 Å². The number of rotatable bonds is 2. The van der Waals surface area contributed by atoms with E-state index in [1.807, 2.05) is 24.3 Å². The molecule has 0 amide bonds. The van der Waals surface area contributed by atoms with E-state index in [2.05, 4.69) is 18.2 Å². The highest BCUT2D eigenvalue weighted by Crippen LogP contribution is 2.37. The standard InChI is InChI=1S/C14H15NO/c1-16-13-7-5-6-12(10-13)14(11-15)8-3-2-4-9-14/h2-3,5-7,10H,4,8-9H2,1H3. The molecule has 0 N–H and O–H groups in total. The van der Waals surface area contributed by atoms with Crippen LogP contribution in [0.3, 0.4) is 0 Å². The monoisotopic (exact) mass is 213 g/mol. The number of nitriles is 1. The van der Waals surface area contributed by atoms with Gasteiger partial charge in [-0.3, -0.25) is 0 Å². The van der Waals surface area contributed by atoms with Crippen molar-refractivity contribution in [1.82, 2.24) is 0 Å². The van der Waals surface area contributed by atoms with Crippen LogP contribution in [0.1, 0.15) is 24.8 Å². The molecule has 1 aromatic rings. The third-order valence-corrected chi connectivity index (χ3v) is 3.21. The molecule has 0 aromatic heterocycles. The van der Waals surface area contributed by atoms with E-state index in [4.69, 9.17) is 4.74 Å². The Kier molecular flexibility index (Phi) is 2.96. The molecule has 82 valence electrons. The van der Waals surface area contributed by atoms with E-state index < -0.39 is 0 Å². The van der Waals surface area contributed by atoms with Crippen molar-refractivity contribution in [2.75, 3.05) is 7.11 Å². The minimum absolute atomic E-state index is 0.358. The summed E-state index contributed by atoms with van der Waals surface area (Å²) in [6.07, 6.45) is 6.93. The van der Waals surface area contributed by atoms with Gasteiger partial charge in [0, 0.05) is 0 Å². The number of hydrogen-bond acceptors (Lipinski definition) is 2. The molecular formula is C14H15NO. The van der Waals surface area contributed by atoms with Crippen LogP contribution in [0, 0.1) is 11.3 Å². The maximum absolute atomic E-state index is 9.43. The van der Waals surface area contributed by atoms with Gasteiger partial charge in [-0.15, -0.1) is 0 Å². The van der Waals surface area contributed by atoms with Gasteiger partial charge in [0.25, 0.3) is 0 Å². The van der Waals surface area contributed by atoms with Gasteiger partial charge >= 0.3 is 0 Å². The summed E-state index contributed by atoms with van der Waals surface area (Å²) < 4.78 is 5.21. The first-order valence-electron chi connectivity index (χ1n) is 5.51. The summed E-state index contributed by atoms with van der Waals surface area (Å²) in [5.74, 6) is 0.821. The second kappa shape index (κ2) is 4.40. The summed E-state index contributed by atoms with van der Waals surface area (Å²) in [4.78, 5) is 0. The first-order chi connectivity index (χ1) is 7.80. The third-order valence-electron chi connectivity index (χ3n) is 3.21. The van der Waals surface area contributed by atoms with E-state index in [1.54, 1.807) is 7.11 Å². The van der Waals surface area contributed by atoms with Crippen LogP contribution in [0.2, 0.25) is 0 Å². The highest BCUT2D eigenvalue weighted by molar-refractivity contribution is 5.39. The number of ether oxygens (including phenoxy) is 1. The molecule has 0 bridgehead atoms. The van der Waals surface area contributed by atoms with Crippen LogP contribution in [0.4, 0.5) is 0 Å². The summed E-state index contributed by atoms with van der Waals surface area (Å²) in [6, 6.07) is 10.3. The Hall–Kier alpha value is -1.75. The molecular weight excluding hydrogens is 198 g/mol. The minimum Gasteiger partial charge on any atom is -0.497 e. The predicted octanol–water partition coefficient (Wildman–Crippen LogP) is 3.20. The third kappa shape index (κ3) is 1.81. The molecule has 1 aliphatic rings. The number of allylic oxidation sites excluding steroid dienone is 2. The SMILES string of the molecule is COc1cccc(C2(C#N)CC=CCC2)c1. The Balaban J connectivity index is 2.40. The van der Waals surface area contributed by atoms with E-state index in [1.165, 1.54) is 0 Å². The van der Waals surface area contributed by atoms with Crippen molar-refractivity contribution in [3.63, 3.8) is 0 Å². The lowest BCUT2D eigenvalue weighted by Crippen LogP contribution is -2.25. The summed E-state index contributed by atoms with van der Waals surface area (Å²) in [5, 5.41) is 9.43. The lowest BCUT2D eigenvalue weighted by Gasteiger charge is -2.28. The van der Waals surface area contributed by atoms with Crippen LogP contribution in [0.15, 0.2) is 36.4 Å². The maximum Gasteiger partial charge on any atom is 0.119 e. The maximum atomic E-state index is 9.43. The molecule has 0 fully saturated rings. The van der Waals surface area contributed by atoms with Gasteiger partial charge in [0.1, 0.15) is 5.75 Å². The van der Waals surface area contributed by atoms with Crippen LogP contribution in [-0.4, -0.2) is 7.11 Å². The molecule has 1 aliphatic carbocycles. The van der Waals surface area contributed by atoms with Crippen LogP contribution < -0.4 is 4.74 Å². The predicted molar refractivity (Wildman–Crippen MR) is 63.3 cm³/mol. The molecule has 2 rings (SSSR count). The van der Waals surface area contributed by atoms with Crippen molar-refractivity contribution in [1.29, 1.82) is 5.26 Å². The summed E-state index contributed by atoms with van der Waals surface area (Å²) in [6.45, 7) is 0. The van der Waals surface area contributed by atoms with Crippen molar-refractivity contribution in [2.24, 2.45) is 0 Å². The quantitative estimate of drug-likeness (QED) is 0.707. The molecule has 2 heteroatoms. The second-order valence-electron chi connectivity index (χ2n) is 4.14. The van der Waals surface area contributed by atoms with Crippen molar-refractivity contribution in [3.8, 4) is 11.8 Å². The lowest BCUT2D eigenvalue weighted by molar-refractivity contribution is 0.411. The molecule has 0 aliphatic heterocycles. The van der Waals surface area contributed by atoms with Gasteiger partial charge in [-0.1, -0.05) is 24.3 Å². The molecule has 1 aromatic carbocycles. The lowest BCUT2D eigenvalue weighted by atomic mass is 9.73. The second-order valence-corrected chi connectivity index (χ2v) is 4.14. The topological polar surface area (TPSA) is 33.0 Å². The molecule has 0 radical (unpaired) electrons. The molecule has 0 saturated carbocycles. The Morgan fingerprint density at radius 1 is 1.38 bits per heavy atom. The van der Waals surface area contributed by atoms with Gasteiger partial charge in [-0.05, 0) is 37.0 Å². The van der Waals surface area contributed by atoms with Gasteiger partial charge in [0.15, 0.2) is 0 Å². The molecule has 2 nitrogen and oxygen atoms in total. The minimum atomic E-state index is -0.358. The highest BCUT2D eigenvalue weighted by atomic mass is 16.5. The van der Waals surface area contributed by atoms with Crippen LogP contribution >= 0.6 is 0 Å². The molecule has 1 atom stereocenters. The fourth-order valence-electron chi connectivity index (χ4n) is 2.18.